The molecule has 156 valence electrons. The van der Waals surface area contributed by atoms with Crippen molar-refractivity contribution in [3.8, 4) is 17.2 Å². The number of benzene rings is 2. The van der Waals surface area contributed by atoms with Crippen LogP contribution in [-0.4, -0.2) is 31.7 Å². The Kier molecular flexibility index (Phi) is 8.51. The van der Waals surface area contributed by atoms with Crippen molar-refractivity contribution < 1.29 is 19.0 Å². The maximum Gasteiger partial charge on any atom is 0.310 e. The summed E-state index contributed by atoms with van der Waals surface area (Å²) in [5, 5.41) is 0. The monoisotopic (exact) mass is 414 g/mol. The maximum atomic E-state index is 11.8. The second-order valence-electron chi connectivity index (χ2n) is 7.77. The second kappa shape index (κ2) is 10.6. The fraction of sp³-hybridized carbons (Fsp3) is 0.435. The fourth-order valence-corrected chi connectivity index (χ4v) is 3.58. The van der Waals surface area contributed by atoms with Gasteiger partial charge < -0.3 is 14.2 Å². The summed E-state index contributed by atoms with van der Waals surface area (Å²) < 4.78 is 17.0. The molecule has 2 aromatic rings. The summed E-state index contributed by atoms with van der Waals surface area (Å²) >= 11 is 1.89. The van der Waals surface area contributed by atoms with Crippen LogP contribution in [-0.2, 0) is 21.7 Å². The quantitative estimate of drug-likeness (QED) is 0.438. The van der Waals surface area contributed by atoms with Crippen molar-refractivity contribution in [3.05, 3.63) is 47.5 Å². The molecule has 0 N–H and O–H groups in total. The molecular weight excluding hydrogens is 383 g/mol. The van der Waals surface area contributed by atoms with Gasteiger partial charge >= 0.3 is 5.97 Å². The first-order valence-corrected chi connectivity index (χ1v) is 11.0. The van der Waals surface area contributed by atoms with E-state index in [1.807, 2.05) is 36.0 Å². The molecule has 0 aliphatic rings. The van der Waals surface area contributed by atoms with E-state index in [0.29, 0.717) is 18.1 Å². The minimum Gasteiger partial charge on any atom is -0.493 e. The van der Waals surface area contributed by atoms with E-state index < -0.39 is 0 Å². The molecular formula is C23H31BO4S. The zero-order chi connectivity index (χ0) is 21.4. The number of carbonyl (C=O) groups excluding carboxylic acids is 1. The molecule has 2 aromatic carbocycles. The Balaban J connectivity index is 2.32. The van der Waals surface area contributed by atoms with Crippen LogP contribution in [0.4, 0.5) is 0 Å². The molecule has 0 spiro atoms. The van der Waals surface area contributed by atoms with Gasteiger partial charge in [-0.1, -0.05) is 51.3 Å². The summed E-state index contributed by atoms with van der Waals surface area (Å²) in [4.78, 5) is 11.8. The number of esters is 1. The minimum absolute atomic E-state index is 0.163. The van der Waals surface area contributed by atoms with Crippen molar-refractivity contribution in [3.63, 3.8) is 0 Å². The molecule has 2 rings (SSSR count). The highest BCUT2D eigenvalue weighted by molar-refractivity contribution is 7.99. The van der Waals surface area contributed by atoms with Gasteiger partial charge in [0.2, 0.25) is 0 Å². The zero-order valence-electron chi connectivity index (χ0n) is 18.3. The van der Waals surface area contributed by atoms with Crippen LogP contribution in [0.5, 0.6) is 17.2 Å². The van der Waals surface area contributed by atoms with Gasteiger partial charge in [-0.25, -0.2) is 0 Å². The van der Waals surface area contributed by atoms with Gasteiger partial charge in [0.15, 0.2) is 18.8 Å². The predicted molar refractivity (Wildman–Crippen MR) is 124 cm³/mol. The Hall–Kier alpha value is -2.08. The number of thioether (sulfide) groups is 1. The Morgan fingerprint density at radius 2 is 1.79 bits per heavy atom. The molecule has 0 heterocycles. The Labute approximate surface area is 179 Å². The summed E-state index contributed by atoms with van der Waals surface area (Å²) in [5.41, 5.74) is 3.27. The van der Waals surface area contributed by atoms with Crippen LogP contribution in [0.15, 0.2) is 36.4 Å². The molecule has 0 radical (unpaired) electrons. The van der Waals surface area contributed by atoms with Crippen LogP contribution in [0.2, 0.25) is 6.82 Å². The smallest absolute Gasteiger partial charge is 0.310 e. The van der Waals surface area contributed by atoms with Crippen molar-refractivity contribution in [2.24, 2.45) is 0 Å². The largest absolute Gasteiger partial charge is 0.493 e. The minimum atomic E-state index is -0.252. The molecule has 0 aliphatic carbocycles. The van der Waals surface area contributed by atoms with Gasteiger partial charge in [0, 0.05) is 16.1 Å². The number of hydrogen-bond donors (Lipinski definition) is 0. The zero-order valence-corrected chi connectivity index (χ0v) is 19.2. The maximum absolute atomic E-state index is 11.8. The summed E-state index contributed by atoms with van der Waals surface area (Å²) in [6.45, 7) is 11.0. The van der Waals surface area contributed by atoms with Crippen LogP contribution in [0.25, 0.3) is 0 Å². The molecule has 0 saturated heterocycles. The SMILES string of the molecule is CBc1ccc(Oc2cc(CC(=O)OCC)ccc2OC)c(CSC(C)(C)C)c1. The number of carbonyl (C=O) groups is 1. The van der Waals surface area contributed by atoms with E-state index in [1.54, 1.807) is 14.0 Å². The van der Waals surface area contributed by atoms with Gasteiger partial charge in [-0.2, -0.15) is 11.8 Å². The molecule has 4 nitrogen and oxygen atoms in total. The summed E-state index contributed by atoms with van der Waals surface area (Å²) in [6.07, 6.45) is 0.204. The Morgan fingerprint density at radius 3 is 2.41 bits per heavy atom. The highest BCUT2D eigenvalue weighted by Crippen LogP contribution is 2.36. The highest BCUT2D eigenvalue weighted by Gasteiger charge is 2.16. The molecule has 0 fully saturated rings. The fourth-order valence-electron chi connectivity index (χ4n) is 2.77. The molecule has 0 atom stereocenters. The van der Waals surface area contributed by atoms with E-state index in [9.17, 15) is 4.79 Å². The topological polar surface area (TPSA) is 44.8 Å². The first-order valence-electron chi connectivity index (χ1n) is 10.0. The summed E-state index contributed by atoms with van der Waals surface area (Å²) in [6, 6.07) is 11.9. The lowest BCUT2D eigenvalue weighted by Crippen LogP contribution is -2.13. The van der Waals surface area contributed by atoms with E-state index in [4.69, 9.17) is 14.2 Å². The standard InChI is InChI=1S/C23H31BO4S/c1-7-27-22(25)13-16-8-10-20(26-6)21(12-16)28-19-11-9-18(24-5)14-17(19)15-29-23(2,3)4/h8-12,14,24H,7,13,15H2,1-6H3. The van der Waals surface area contributed by atoms with Gasteiger partial charge in [-0.05, 0) is 30.7 Å². The molecule has 0 saturated carbocycles. The molecule has 0 aromatic heterocycles. The van der Waals surface area contributed by atoms with Crippen molar-refractivity contribution in [1.82, 2.24) is 0 Å². The van der Waals surface area contributed by atoms with Crippen molar-refractivity contribution in [2.45, 2.75) is 51.4 Å². The lowest BCUT2D eigenvalue weighted by Gasteiger charge is -2.20. The molecule has 0 unspecified atom stereocenters. The van der Waals surface area contributed by atoms with E-state index in [0.717, 1.165) is 29.9 Å². The van der Waals surface area contributed by atoms with Crippen LogP contribution in [0, 0.1) is 0 Å². The number of methoxy groups -OCH3 is 1. The van der Waals surface area contributed by atoms with E-state index in [1.165, 1.54) is 5.46 Å². The van der Waals surface area contributed by atoms with Crippen molar-refractivity contribution >= 4 is 30.5 Å². The van der Waals surface area contributed by atoms with Gasteiger partial charge in [-0.3, -0.25) is 4.79 Å². The van der Waals surface area contributed by atoms with E-state index in [-0.39, 0.29) is 17.1 Å². The van der Waals surface area contributed by atoms with Crippen LogP contribution >= 0.6 is 11.8 Å². The number of ether oxygens (including phenoxy) is 3. The average molecular weight is 414 g/mol. The van der Waals surface area contributed by atoms with Crippen molar-refractivity contribution in [2.75, 3.05) is 13.7 Å². The van der Waals surface area contributed by atoms with Crippen LogP contribution in [0.1, 0.15) is 38.8 Å². The highest BCUT2D eigenvalue weighted by atomic mass is 32.2. The van der Waals surface area contributed by atoms with Gasteiger partial charge in [0.05, 0.1) is 20.1 Å². The molecule has 0 aliphatic heterocycles. The molecule has 6 heteroatoms. The first-order chi connectivity index (χ1) is 13.8. The Morgan fingerprint density at radius 1 is 1.07 bits per heavy atom. The summed E-state index contributed by atoms with van der Waals surface area (Å²) in [7, 11) is 2.59. The van der Waals surface area contributed by atoms with E-state index in [2.05, 4.69) is 39.7 Å². The van der Waals surface area contributed by atoms with Crippen molar-refractivity contribution in [1.29, 1.82) is 0 Å². The lowest BCUT2D eigenvalue weighted by atomic mass is 9.73. The van der Waals surface area contributed by atoms with Crippen LogP contribution in [0.3, 0.4) is 0 Å². The number of hydrogen-bond acceptors (Lipinski definition) is 5. The molecule has 29 heavy (non-hydrogen) atoms. The third kappa shape index (κ3) is 7.35. The van der Waals surface area contributed by atoms with Gasteiger partial charge in [0.25, 0.3) is 0 Å². The molecule has 0 amide bonds. The number of rotatable bonds is 9. The first kappa shape index (κ1) is 23.2. The predicted octanol–water partition coefficient (Wildman–Crippen LogP) is 4.73. The van der Waals surface area contributed by atoms with Gasteiger partial charge in [0.1, 0.15) is 5.75 Å². The Bertz CT molecular complexity index is 830. The molecule has 0 bridgehead atoms. The third-order valence-electron chi connectivity index (χ3n) is 4.30. The van der Waals surface area contributed by atoms with Crippen LogP contribution < -0.4 is 14.9 Å². The lowest BCUT2D eigenvalue weighted by molar-refractivity contribution is -0.142. The third-order valence-corrected chi connectivity index (χ3v) is 5.62. The normalized spacial score (nSPS) is 11.1. The second-order valence-corrected chi connectivity index (χ2v) is 9.57. The van der Waals surface area contributed by atoms with E-state index >= 15 is 0 Å². The van der Waals surface area contributed by atoms with Gasteiger partial charge in [-0.15, -0.1) is 0 Å². The average Bonchev–Trinajstić information content (AvgIpc) is 2.67. The summed E-state index contributed by atoms with van der Waals surface area (Å²) in [5.74, 6) is 2.65.